The van der Waals surface area contributed by atoms with Crippen LogP contribution >= 0.6 is 0 Å². The standard InChI is InChI=1S/C11H12N2O/c1-13-6-2-3-9-10(13)5-4-8(7-12)11(9)14/h4-5,14H,2-3,6H2,1H3. The second kappa shape index (κ2) is 3.22. The van der Waals surface area contributed by atoms with Gasteiger partial charge in [-0.15, -0.1) is 0 Å². The Morgan fingerprint density at radius 2 is 2.29 bits per heavy atom. The number of fused-ring (bicyclic) bond motifs is 1. The molecule has 1 aliphatic rings. The summed E-state index contributed by atoms with van der Waals surface area (Å²) in [6.45, 7) is 1.01. The van der Waals surface area contributed by atoms with Gasteiger partial charge in [-0.25, -0.2) is 0 Å². The number of hydrogen-bond acceptors (Lipinski definition) is 3. The molecule has 0 aromatic heterocycles. The predicted molar refractivity (Wildman–Crippen MR) is 54.4 cm³/mol. The number of hydrogen-bond donors (Lipinski definition) is 1. The highest BCUT2D eigenvalue weighted by atomic mass is 16.3. The second-order valence-electron chi connectivity index (χ2n) is 3.60. The zero-order chi connectivity index (χ0) is 10.1. The van der Waals surface area contributed by atoms with E-state index in [9.17, 15) is 5.11 Å². The Morgan fingerprint density at radius 3 is 3.00 bits per heavy atom. The van der Waals surface area contributed by atoms with Gasteiger partial charge in [0.25, 0.3) is 0 Å². The van der Waals surface area contributed by atoms with Crippen LogP contribution in [0.1, 0.15) is 17.5 Å². The van der Waals surface area contributed by atoms with Crippen molar-refractivity contribution in [2.45, 2.75) is 12.8 Å². The zero-order valence-corrected chi connectivity index (χ0v) is 8.12. The Balaban J connectivity index is 2.59. The van der Waals surface area contributed by atoms with E-state index in [-0.39, 0.29) is 5.75 Å². The van der Waals surface area contributed by atoms with E-state index < -0.39 is 0 Å². The molecule has 3 nitrogen and oxygen atoms in total. The van der Waals surface area contributed by atoms with Crippen LogP contribution in [-0.4, -0.2) is 18.7 Å². The van der Waals surface area contributed by atoms with E-state index in [0.717, 1.165) is 30.6 Å². The van der Waals surface area contributed by atoms with Crippen molar-refractivity contribution in [2.75, 3.05) is 18.5 Å². The summed E-state index contributed by atoms with van der Waals surface area (Å²) in [6.07, 6.45) is 1.90. The van der Waals surface area contributed by atoms with E-state index in [0.29, 0.717) is 5.56 Å². The van der Waals surface area contributed by atoms with Gasteiger partial charge in [-0.3, -0.25) is 0 Å². The van der Waals surface area contributed by atoms with Crippen molar-refractivity contribution >= 4 is 5.69 Å². The van der Waals surface area contributed by atoms with Gasteiger partial charge in [0.1, 0.15) is 11.8 Å². The second-order valence-corrected chi connectivity index (χ2v) is 3.60. The van der Waals surface area contributed by atoms with E-state index >= 15 is 0 Å². The molecule has 0 fully saturated rings. The predicted octanol–water partition coefficient (Wildman–Crippen LogP) is 1.65. The van der Waals surface area contributed by atoms with Gasteiger partial charge in [0.15, 0.2) is 0 Å². The molecular weight excluding hydrogens is 176 g/mol. The molecule has 0 amide bonds. The molecule has 1 aromatic rings. The molecule has 0 radical (unpaired) electrons. The van der Waals surface area contributed by atoms with Crippen molar-refractivity contribution in [2.24, 2.45) is 0 Å². The molecule has 1 heterocycles. The summed E-state index contributed by atoms with van der Waals surface area (Å²) in [5.74, 6) is 0.163. The Bertz CT molecular complexity index is 406. The summed E-state index contributed by atoms with van der Waals surface area (Å²) in [6, 6.07) is 5.58. The fourth-order valence-corrected chi connectivity index (χ4v) is 1.93. The van der Waals surface area contributed by atoms with E-state index in [1.165, 1.54) is 0 Å². The smallest absolute Gasteiger partial charge is 0.138 e. The fourth-order valence-electron chi connectivity index (χ4n) is 1.93. The first-order valence-electron chi connectivity index (χ1n) is 4.70. The summed E-state index contributed by atoms with van der Waals surface area (Å²) < 4.78 is 0. The van der Waals surface area contributed by atoms with Gasteiger partial charge in [0, 0.05) is 24.8 Å². The van der Waals surface area contributed by atoms with Gasteiger partial charge in [0.2, 0.25) is 0 Å². The lowest BCUT2D eigenvalue weighted by Gasteiger charge is -2.28. The average Bonchev–Trinajstić information content (AvgIpc) is 2.20. The summed E-state index contributed by atoms with van der Waals surface area (Å²) >= 11 is 0. The van der Waals surface area contributed by atoms with Crippen LogP contribution in [0.25, 0.3) is 0 Å². The van der Waals surface area contributed by atoms with E-state index in [1.54, 1.807) is 6.07 Å². The Morgan fingerprint density at radius 1 is 1.50 bits per heavy atom. The summed E-state index contributed by atoms with van der Waals surface area (Å²) in [5, 5.41) is 18.6. The number of phenols is 1. The van der Waals surface area contributed by atoms with E-state index in [1.807, 2.05) is 19.2 Å². The number of nitriles is 1. The molecule has 0 saturated carbocycles. The van der Waals surface area contributed by atoms with Crippen molar-refractivity contribution in [1.82, 2.24) is 0 Å². The van der Waals surface area contributed by atoms with Gasteiger partial charge in [-0.05, 0) is 25.0 Å². The lowest BCUT2D eigenvalue weighted by molar-refractivity contribution is 0.463. The molecule has 0 spiro atoms. The van der Waals surface area contributed by atoms with Gasteiger partial charge in [-0.2, -0.15) is 5.26 Å². The third kappa shape index (κ3) is 1.20. The molecule has 2 rings (SSSR count). The topological polar surface area (TPSA) is 47.3 Å². The van der Waals surface area contributed by atoms with Crippen molar-refractivity contribution in [1.29, 1.82) is 5.26 Å². The Labute approximate surface area is 83.2 Å². The number of benzene rings is 1. The first-order chi connectivity index (χ1) is 6.74. The van der Waals surface area contributed by atoms with Crippen LogP contribution in [0.15, 0.2) is 12.1 Å². The van der Waals surface area contributed by atoms with E-state index in [4.69, 9.17) is 5.26 Å². The van der Waals surface area contributed by atoms with Crippen LogP contribution in [0.3, 0.4) is 0 Å². The molecule has 0 bridgehead atoms. The average molecular weight is 188 g/mol. The largest absolute Gasteiger partial charge is 0.506 e. The normalized spacial score (nSPS) is 14.7. The number of rotatable bonds is 0. The first-order valence-corrected chi connectivity index (χ1v) is 4.70. The quantitative estimate of drug-likeness (QED) is 0.673. The van der Waals surface area contributed by atoms with Crippen LogP contribution in [0.2, 0.25) is 0 Å². The molecule has 0 saturated heterocycles. The minimum absolute atomic E-state index is 0.163. The monoisotopic (exact) mass is 188 g/mol. The first kappa shape index (κ1) is 8.89. The number of aromatic hydroxyl groups is 1. The van der Waals surface area contributed by atoms with Crippen molar-refractivity contribution in [3.05, 3.63) is 23.3 Å². The lowest BCUT2D eigenvalue weighted by Crippen LogP contribution is -2.24. The maximum Gasteiger partial charge on any atom is 0.138 e. The molecule has 0 atom stereocenters. The molecule has 0 aliphatic carbocycles. The third-order valence-corrected chi connectivity index (χ3v) is 2.71. The fraction of sp³-hybridized carbons (Fsp3) is 0.364. The van der Waals surface area contributed by atoms with Crippen LogP contribution in [0, 0.1) is 11.3 Å². The highest BCUT2D eigenvalue weighted by Gasteiger charge is 2.18. The Kier molecular flexibility index (Phi) is 2.05. The maximum absolute atomic E-state index is 9.80. The molecular formula is C11H12N2O. The molecule has 3 heteroatoms. The number of nitrogens with zero attached hydrogens (tertiary/aromatic N) is 2. The third-order valence-electron chi connectivity index (χ3n) is 2.71. The highest BCUT2D eigenvalue weighted by molar-refractivity contribution is 5.64. The molecule has 14 heavy (non-hydrogen) atoms. The van der Waals surface area contributed by atoms with Crippen molar-refractivity contribution < 1.29 is 5.11 Å². The van der Waals surface area contributed by atoms with Crippen LogP contribution < -0.4 is 4.90 Å². The minimum atomic E-state index is 0.163. The molecule has 1 N–H and O–H groups in total. The van der Waals surface area contributed by atoms with Crippen LogP contribution in [0.5, 0.6) is 5.75 Å². The SMILES string of the molecule is CN1CCCc2c1ccc(C#N)c2O. The highest BCUT2D eigenvalue weighted by Crippen LogP contribution is 2.34. The lowest BCUT2D eigenvalue weighted by atomic mass is 9.98. The number of anilines is 1. The van der Waals surface area contributed by atoms with Crippen molar-refractivity contribution in [3.63, 3.8) is 0 Å². The van der Waals surface area contributed by atoms with Gasteiger partial charge in [-0.1, -0.05) is 0 Å². The van der Waals surface area contributed by atoms with Gasteiger partial charge < -0.3 is 10.0 Å². The summed E-state index contributed by atoms with van der Waals surface area (Å²) in [7, 11) is 2.00. The van der Waals surface area contributed by atoms with Crippen LogP contribution in [-0.2, 0) is 6.42 Å². The molecule has 0 unspecified atom stereocenters. The maximum atomic E-state index is 9.80. The Hall–Kier alpha value is -1.69. The van der Waals surface area contributed by atoms with Crippen LogP contribution in [0.4, 0.5) is 5.69 Å². The zero-order valence-electron chi connectivity index (χ0n) is 8.12. The number of phenolic OH excluding ortho intramolecular Hbond substituents is 1. The van der Waals surface area contributed by atoms with E-state index in [2.05, 4.69) is 4.90 Å². The van der Waals surface area contributed by atoms with Crippen molar-refractivity contribution in [3.8, 4) is 11.8 Å². The summed E-state index contributed by atoms with van der Waals surface area (Å²) in [5.41, 5.74) is 2.34. The molecule has 1 aromatic carbocycles. The molecule has 1 aliphatic heterocycles. The van der Waals surface area contributed by atoms with Gasteiger partial charge in [0.05, 0.1) is 5.56 Å². The summed E-state index contributed by atoms with van der Waals surface area (Å²) in [4.78, 5) is 2.11. The van der Waals surface area contributed by atoms with Gasteiger partial charge >= 0.3 is 0 Å². The minimum Gasteiger partial charge on any atom is -0.506 e. The molecule has 72 valence electrons.